The lowest BCUT2D eigenvalue weighted by molar-refractivity contribution is 0.499. The molecule has 0 atom stereocenters. The Bertz CT molecular complexity index is 274. The Labute approximate surface area is 65.6 Å². The third-order valence-electron chi connectivity index (χ3n) is 1.15. The lowest BCUT2D eigenvalue weighted by atomic mass is 10.3. The Kier molecular flexibility index (Phi) is 1.95. The van der Waals surface area contributed by atoms with Crippen LogP contribution in [0.1, 0.15) is 0 Å². The molecule has 11 heavy (non-hydrogen) atoms. The molecule has 2 N–H and O–H groups in total. The quantitative estimate of drug-likeness (QED) is 0.483. The van der Waals surface area contributed by atoms with Crippen LogP contribution < -0.4 is 5.73 Å². The summed E-state index contributed by atoms with van der Waals surface area (Å²) < 4.78 is 37.1. The minimum Gasteiger partial charge on any atom is -0.395 e. The normalized spacial score (nSPS) is 10.2. The molecule has 0 saturated heterocycles. The third kappa shape index (κ3) is 1.26. The SMILES string of the molecule is Nc1c(F)c(F)cc(F)c1Cl. The first-order chi connectivity index (χ1) is 5.04. The first-order valence-corrected chi connectivity index (χ1v) is 3.00. The van der Waals surface area contributed by atoms with Gasteiger partial charge in [-0.3, -0.25) is 0 Å². The molecule has 0 spiro atoms. The molecule has 0 aliphatic rings. The maximum Gasteiger partial charge on any atom is 0.183 e. The summed E-state index contributed by atoms with van der Waals surface area (Å²) in [4.78, 5) is 0. The molecule has 0 unspecified atom stereocenters. The average molecular weight is 182 g/mol. The molecule has 1 aromatic rings. The van der Waals surface area contributed by atoms with Crippen molar-refractivity contribution in [2.45, 2.75) is 0 Å². The molecule has 0 heterocycles. The highest BCUT2D eigenvalue weighted by Gasteiger charge is 2.13. The second kappa shape index (κ2) is 2.62. The highest BCUT2D eigenvalue weighted by Crippen LogP contribution is 2.26. The van der Waals surface area contributed by atoms with Gasteiger partial charge in [0.25, 0.3) is 0 Å². The van der Waals surface area contributed by atoms with Crippen LogP contribution in [0.25, 0.3) is 0 Å². The van der Waals surface area contributed by atoms with Gasteiger partial charge in [-0.25, -0.2) is 13.2 Å². The molecule has 5 heteroatoms. The summed E-state index contributed by atoms with van der Waals surface area (Å²) in [7, 11) is 0. The molecule has 0 amide bonds. The van der Waals surface area contributed by atoms with Crippen LogP contribution in [-0.2, 0) is 0 Å². The van der Waals surface area contributed by atoms with Crippen molar-refractivity contribution in [3.63, 3.8) is 0 Å². The fraction of sp³-hybridized carbons (Fsp3) is 0. The van der Waals surface area contributed by atoms with Crippen molar-refractivity contribution in [1.29, 1.82) is 0 Å². The third-order valence-corrected chi connectivity index (χ3v) is 1.53. The van der Waals surface area contributed by atoms with Crippen LogP contribution in [0.3, 0.4) is 0 Å². The monoisotopic (exact) mass is 181 g/mol. The van der Waals surface area contributed by atoms with E-state index in [1.54, 1.807) is 0 Å². The van der Waals surface area contributed by atoms with Crippen molar-refractivity contribution in [3.8, 4) is 0 Å². The summed E-state index contributed by atoms with van der Waals surface area (Å²) in [5, 5.41) is -0.594. The van der Waals surface area contributed by atoms with Gasteiger partial charge in [-0.1, -0.05) is 11.6 Å². The minimum absolute atomic E-state index is 0.341. The molecule has 1 nitrogen and oxygen atoms in total. The van der Waals surface area contributed by atoms with Gasteiger partial charge in [-0.2, -0.15) is 0 Å². The summed E-state index contributed by atoms with van der Waals surface area (Å²) >= 11 is 5.15. The lowest BCUT2D eigenvalue weighted by Crippen LogP contribution is -1.97. The van der Waals surface area contributed by atoms with Gasteiger partial charge in [0.2, 0.25) is 0 Å². The second-order valence-electron chi connectivity index (χ2n) is 1.88. The van der Waals surface area contributed by atoms with E-state index in [1.165, 1.54) is 0 Å². The highest BCUT2D eigenvalue weighted by molar-refractivity contribution is 6.33. The molecule has 0 radical (unpaired) electrons. The topological polar surface area (TPSA) is 26.0 Å². The standard InChI is InChI=1S/C6H3ClF3N/c7-4-2(8)1-3(9)5(10)6(4)11/h1H,11H2. The summed E-state index contributed by atoms with van der Waals surface area (Å²) in [5.74, 6) is -3.73. The van der Waals surface area contributed by atoms with Crippen LogP contribution in [-0.4, -0.2) is 0 Å². The van der Waals surface area contributed by atoms with Crippen LogP contribution in [0.2, 0.25) is 5.02 Å². The van der Waals surface area contributed by atoms with E-state index >= 15 is 0 Å². The summed E-state index contributed by atoms with van der Waals surface area (Å²) in [6.07, 6.45) is 0. The number of nitrogen functional groups attached to an aromatic ring is 1. The number of nitrogens with two attached hydrogens (primary N) is 1. The maximum absolute atomic E-state index is 12.4. The Balaban J connectivity index is 3.46. The van der Waals surface area contributed by atoms with Gasteiger partial charge >= 0.3 is 0 Å². The van der Waals surface area contributed by atoms with Crippen LogP contribution in [0.4, 0.5) is 18.9 Å². The molecule has 0 bridgehead atoms. The molecule has 0 aliphatic carbocycles. The molecule has 0 saturated carbocycles. The number of hydrogen-bond donors (Lipinski definition) is 1. The summed E-state index contributed by atoms with van der Waals surface area (Å²) in [6.45, 7) is 0. The van der Waals surface area contributed by atoms with Crippen LogP contribution in [0, 0.1) is 17.5 Å². The van der Waals surface area contributed by atoms with Crippen molar-refractivity contribution in [1.82, 2.24) is 0 Å². The van der Waals surface area contributed by atoms with Crippen molar-refractivity contribution in [2.75, 3.05) is 5.73 Å². The van der Waals surface area contributed by atoms with Crippen molar-refractivity contribution < 1.29 is 13.2 Å². The van der Waals surface area contributed by atoms with E-state index in [1.807, 2.05) is 0 Å². The summed E-state index contributed by atoms with van der Waals surface area (Å²) in [5.41, 5.74) is 4.19. The van der Waals surface area contributed by atoms with E-state index in [-0.39, 0.29) is 0 Å². The van der Waals surface area contributed by atoms with E-state index in [4.69, 9.17) is 17.3 Å². The van der Waals surface area contributed by atoms with Crippen LogP contribution in [0.5, 0.6) is 0 Å². The average Bonchev–Trinajstić information content (AvgIpc) is 1.97. The molecule has 60 valence electrons. The van der Waals surface area contributed by atoms with Crippen LogP contribution >= 0.6 is 11.6 Å². The van der Waals surface area contributed by atoms with Gasteiger partial charge < -0.3 is 5.73 Å². The first-order valence-electron chi connectivity index (χ1n) is 2.62. The zero-order chi connectivity index (χ0) is 8.59. The van der Waals surface area contributed by atoms with E-state index in [2.05, 4.69) is 0 Å². The van der Waals surface area contributed by atoms with Crippen molar-refractivity contribution >= 4 is 17.3 Å². The molecular formula is C6H3ClF3N. The number of hydrogen-bond acceptors (Lipinski definition) is 1. The fourth-order valence-corrected chi connectivity index (χ4v) is 0.729. The molecule has 1 aromatic carbocycles. The fourth-order valence-electron chi connectivity index (χ4n) is 0.592. The van der Waals surface area contributed by atoms with Crippen LogP contribution in [0.15, 0.2) is 6.07 Å². The predicted molar refractivity (Wildman–Crippen MR) is 35.7 cm³/mol. The van der Waals surface area contributed by atoms with Gasteiger partial charge in [-0.05, 0) is 0 Å². The smallest absolute Gasteiger partial charge is 0.183 e. The second-order valence-corrected chi connectivity index (χ2v) is 2.26. The largest absolute Gasteiger partial charge is 0.395 e. The molecule has 0 aliphatic heterocycles. The van der Waals surface area contributed by atoms with E-state index in [9.17, 15) is 13.2 Å². The van der Waals surface area contributed by atoms with E-state index < -0.39 is 28.2 Å². The molecule has 0 fully saturated rings. The van der Waals surface area contributed by atoms with E-state index in [0.29, 0.717) is 6.07 Å². The zero-order valence-electron chi connectivity index (χ0n) is 5.17. The number of anilines is 1. The Hall–Kier alpha value is -0.900. The van der Waals surface area contributed by atoms with Crippen molar-refractivity contribution in [2.24, 2.45) is 0 Å². The van der Waals surface area contributed by atoms with Gasteiger partial charge in [0.05, 0.1) is 5.69 Å². The zero-order valence-corrected chi connectivity index (χ0v) is 5.92. The number of halogens is 4. The molecule has 1 rings (SSSR count). The van der Waals surface area contributed by atoms with Gasteiger partial charge in [0.15, 0.2) is 11.6 Å². The molecular weight excluding hydrogens is 179 g/mol. The molecule has 0 aromatic heterocycles. The first kappa shape index (κ1) is 8.20. The Morgan fingerprint density at radius 2 is 1.73 bits per heavy atom. The van der Waals surface area contributed by atoms with Gasteiger partial charge in [-0.15, -0.1) is 0 Å². The van der Waals surface area contributed by atoms with Crippen molar-refractivity contribution in [3.05, 3.63) is 28.5 Å². The predicted octanol–water partition coefficient (Wildman–Crippen LogP) is 2.34. The maximum atomic E-state index is 12.4. The van der Waals surface area contributed by atoms with Gasteiger partial charge in [0.1, 0.15) is 10.8 Å². The number of rotatable bonds is 0. The summed E-state index contributed by atoms with van der Waals surface area (Å²) in [6, 6.07) is 0.341. The minimum atomic E-state index is -1.34. The van der Waals surface area contributed by atoms with E-state index in [0.717, 1.165) is 0 Å². The Morgan fingerprint density at radius 3 is 2.27 bits per heavy atom. The van der Waals surface area contributed by atoms with Gasteiger partial charge in [0, 0.05) is 6.07 Å². The Morgan fingerprint density at radius 1 is 1.18 bits per heavy atom. The highest BCUT2D eigenvalue weighted by atomic mass is 35.5. The lowest BCUT2D eigenvalue weighted by Gasteiger charge is -2.00. The number of benzene rings is 1.